The Morgan fingerprint density at radius 3 is 2.17 bits per heavy atom. The number of rotatable bonds is 5. The van der Waals surface area contributed by atoms with Gasteiger partial charge in [-0.15, -0.1) is 0 Å². The number of hydrogen-bond donors (Lipinski definition) is 1. The number of carbonyl (C=O) groups is 2. The lowest BCUT2D eigenvalue weighted by atomic mass is 10.1. The highest BCUT2D eigenvalue weighted by molar-refractivity contribution is 5.94. The number of benzene rings is 1. The van der Waals surface area contributed by atoms with Gasteiger partial charge in [0.05, 0.1) is 6.54 Å². The van der Waals surface area contributed by atoms with Gasteiger partial charge in [0.2, 0.25) is 0 Å². The second-order valence-electron chi connectivity index (χ2n) is 5.36. The van der Waals surface area contributed by atoms with E-state index in [9.17, 15) is 9.59 Å². The summed E-state index contributed by atoms with van der Waals surface area (Å²) in [5, 5.41) is 2.59. The van der Waals surface area contributed by atoms with Crippen LogP contribution in [0.1, 0.15) is 65.7 Å². The average molecular weight is 339 g/mol. The standard InChI is InChI=1S/C15H21NO4.2C2H6/c1-11(17)12-6-5-7-13(10-12)19-9-8-16-14(18)20-15(2,3)4;2*1-2/h5-7,10H,8-9H2,1-4H3,(H,16,18);2*1-2H3. The number of ketones is 1. The first kappa shape index (κ1) is 24.2. The SMILES string of the molecule is CC.CC.CC(=O)c1cccc(OCCNC(=O)OC(C)(C)C)c1. The molecule has 24 heavy (non-hydrogen) atoms. The minimum Gasteiger partial charge on any atom is -0.492 e. The summed E-state index contributed by atoms with van der Waals surface area (Å²) in [5.74, 6) is 0.589. The Hall–Kier alpha value is -2.04. The summed E-state index contributed by atoms with van der Waals surface area (Å²) >= 11 is 0. The van der Waals surface area contributed by atoms with Crippen LogP contribution in [0.4, 0.5) is 4.79 Å². The number of alkyl carbamates (subject to hydrolysis) is 1. The molecule has 0 spiro atoms. The third-order valence-corrected chi connectivity index (χ3v) is 2.28. The Morgan fingerprint density at radius 2 is 1.67 bits per heavy atom. The maximum Gasteiger partial charge on any atom is 0.407 e. The molecule has 1 N–H and O–H groups in total. The number of hydrogen-bond acceptors (Lipinski definition) is 4. The van der Waals surface area contributed by atoms with Crippen molar-refractivity contribution in [1.82, 2.24) is 5.32 Å². The monoisotopic (exact) mass is 339 g/mol. The Kier molecular flexibility index (Phi) is 13.5. The zero-order valence-corrected chi connectivity index (χ0v) is 16.4. The van der Waals surface area contributed by atoms with Gasteiger partial charge in [0.1, 0.15) is 18.0 Å². The van der Waals surface area contributed by atoms with Crippen molar-refractivity contribution >= 4 is 11.9 Å². The van der Waals surface area contributed by atoms with Gasteiger partial charge in [-0.1, -0.05) is 39.8 Å². The molecule has 5 nitrogen and oxygen atoms in total. The van der Waals surface area contributed by atoms with Gasteiger partial charge in [0.25, 0.3) is 0 Å². The normalized spacial score (nSPS) is 9.50. The van der Waals surface area contributed by atoms with E-state index in [2.05, 4.69) is 5.32 Å². The van der Waals surface area contributed by atoms with E-state index >= 15 is 0 Å². The molecule has 1 amide bonds. The minimum absolute atomic E-state index is 0.0117. The van der Waals surface area contributed by atoms with E-state index in [1.807, 2.05) is 27.7 Å². The van der Waals surface area contributed by atoms with E-state index in [0.717, 1.165) is 0 Å². The number of amides is 1. The van der Waals surface area contributed by atoms with Crippen molar-refractivity contribution in [3.63, 3.8) is 0 Å². The van der Waals surface area contributed by atoms with Crippen LogP contribution in [0.15, 0.2) is 24.3 Å². The maximum atomic E-state index is 11.4. The van der Waals surface area contributed by atoms with E-state index in [-0.39, 0.29) is 5.78 Å². The first-order chi connectivity index (χ1) is 11.3. The van der Waals surface area contributed by atoms with Crippen molar-refractivity contribution in [2.45, 2.75) is 61.0 Å². The fourth-order valence-electron chi connectivity index (χ4n) is 1.44. The van der Waals surface area contributed by atoms with E-state index in [1.165, 1.54) is 6.92 Å². The summed E-state index contributed by atoms with van der Waals surface area (Å²) in [5.41, 5.74) is 0.0865. The molecule has 0 atom stereocenters. The third kappa shape index (κ3) is 12.5. The van der Waals surface area contributed by atoms with Gasteiger partial charge in [-0.25, -0.2) is 4.79 Å². The molecule has 0 saturated carbocycles. The van der Waals surface area contributed by atoms with E-state index in [0.29, 0.717) is 24.5 Å². The molecular weight excluding hydrogens is 306 g/mol. The number of ether oxygens (including phenoxy) is 2. The van der Waals surface area contributed by atoms with Gasteiger partial charge in [-0.05, 0) is 39.8 Å². The van der Waals surface area contributed by atoms with Gasteiger partial charge in [-0.2, -0.15) is 0 Å². The lowest BCUT2D eigenvalue weighted by Gasteiger charge is -2.19. The molecule has 0 unspecified atom stereocenters. The first-order valence-electron chi connectivity index (χ1n) is 8.48. The molecule has 0 aliphatic carbocycles. The molecular formula is C19H33NO4. The Balaban J connectivity index is 0. The Bertz CT molecular complexity index is 479. The van der Waals surface area contributed by atoms with Crippen LogP contribution in [0.2, 0.25) is 0 Å². The van der Waals surface area contributed by atoms with Crippen LogP contribution in [-0.2, 0) is 4.74 Å². The van der Waals surface area contributed by atoms with Gasteiger partial charge in [-0.3, -0.25) is 4.79 Å². The number of nitrogens with one attached hydrogen (secondary N) is 1. The number of Topliss-reactive ketones (excluding diaryl/α,β-unsaturated/α-hetero) is 1. The molecule has 5 heteroatoms. The van der Waals surface area contributed by atoms with E-state index in [1.54, 1.807) is 45.0 Å². The highest BCUT2D eigenvalue weighted by Crippen LogP contribution is 2.13. The fraction of sp³-hybridized carbons (Fsp3) is 0.579. The lowest BCUT2D eigenvalue weighted by Crippen LogP contribution is -2.34. The van der Waals surface area contributed by atoms with Crippen molar-refractivity contribution in [3.8, 4) is 5.75 Å². The predicted molar refractivity (Wildman–Crippen MR) is 98.9 cm³/mol. The largest absolute Gasteiger partial charge is 0.492 e. The van der Waals surface area contributed by atoms with Gasteiger partial charge in [0, 0.05) is 5.56 Å². The average Bonchev–Trinajstić information content (AvgIpc) is 2.54. The third-order valence-electron chi connectivity index (χ3n) is 2.28. The summed E-state index contributed by atoms with van der Waals surface area (Å²) in [6.45, 7) is 15.5. The van der Waals surface area contributed by atoms with Crippen LogP contribution in [-0.4, -0.2) is 30.6 Å². The quantitative estimate of drug-likeness (QED) is 0.615. The van der Waals surface area contributed by atoms with Gasteiger partial charge >= 0.3 is 6.09 Å². The van der Waals surface area contributed by atoms with Crippen LogP contribution in [0.25, 0.3) is 0 Å². The van der Waals surface area contributed by atoms with Crippen molar-refractivity contribution in [1.29, 1.82) is 0 Å². The van der Waals surface area contributed by atoms with Gasteiger partial charge in [0.15, 0.2) is 5.78 Å². The minimum atomic E-state index is -0.513. The molecule has 0 saturated heterocycles. The highest BCUT2D eigenvalue weighted by atomic mass is 16.6. The lowest BCUT2D eigenvalue weighted by molar-refractivity contribution is 0.0520. The molecule has 0 radical (unpaired) electrons. The Morgan fingerprint density at radius 1 is 1.08 bits per heavy atom. The van der Waals surface area contributed by atoms with Crippen molar-refractivity contribution < 1.29 is 19.1 Å². The molecule has 1 rings (SSSR count). The van der Waals surface area contributed by atoms with Crippen LogP contribution < -0.4 is 10.1 Å². The second-order valence-corrected chi connectivity index (χ2v) is 5.36. The number of carbonyl (C=O) groups excluding carboxylic acids is 2. The molecule has 0 bridgehead atoms. The summed E-state index contributed by atoms with van der Waals surface area (Å²) in [6.07, 6.45) is -0.474. The van der Waals surface area contributed by atoms with Crippen molar-refractivity contribution in [2.24, 2.45) is 0 Å². The maximum absolute atomic E-state index is 11.4. The highest BCUT2D eigenvalue weighted by Gasteiger charge is 2.15. The van der Waals surface area contributed by atoms with E-state index < -0.39 is 11.7 Å². The van der Waals surface area contributed by atoms with Crippen LogP contribution in [0, 0.1) is 0 Å². The molecule has 138 valence electrons. The van der Waals surface area contributed by atoms with Crippen molar-refractivity contribution in [2.75, 3.05) is 13.2 Å². The van der Waals surface area contributed by atoms with Crippen LogP contribution in [0.3, 0.4) is 0 Å². The van der Waals surface area contributed by atoms with Gasteiger partial charge < -0.3 is 14.8 Å². The predicted octanol–water partition coefficient (Wildman–Crippen LogP) is 4.85. The summed E-state index contributed by atoms with van der Waals surface area (Å²) in [6, 6.07) is 6.93. The van der Waals surface area contributed by atoms with E-state index in [4.69, 9.17) is 9.47 Å². The molecule has 0 aliphatic heterocycles. The first-order valence-corrected chi connectivity index (χ1v) is 8.48. The topological polar surface area (TPSA) is 64.6 Å². The van der Waals surface area contributed by atoms with Crippen LogP contribution in [0.5, 0.6) is 5.75 Å². The molecule has 0 heterocycles. The zero-order valence-electron chi connectivity index (χ0n) is 16.4. The second kappa shape index (κ2) is 13.4. The summed E-state index contributed by atoms with van der Waals surface area (Å²) in [7, 11) is 0. The molecule has 1 aromatic rings. The Labute approximate surface area is 146 Å². The molecule has 0 aromatic heterocycles. The van der Waals surface area contributed by atoms with Crippen LogP contribution >= 0.6 is 0 Å². The smallest absolute Gasteiger partial charge is 0.407 e. The summed E-state index contributed by atoms with van der Waals surface area (Å²) < 4.78 is 10.5. The zero-order chi connectivity index (χ0) is 19.2. The molecule has 0 aliphatic rings. The summed E-state index contributed by atoms with van der Waals surface area (Å²) in [4.78, 5) is 22.6. The van der Waals surface area contributed by atoms with Crippen molar-refractivity contribution in [3.05, 3.63) is 29.8 Å². The fourth-order valence-corrected chi connectivity index (χ4v) is 1.44. The molecule has 1 aromatic carbocycles. The molecule has 0 fully saturated rings.